The van der Waals surface area contributed by atoms with Gasteiger partial charge >= 0.3 is 0 Å². The molecular weight excluding hydrogens is 366 g/mol. The van der Waals surface area contributed by atoms with Crippen molar-refractivity contribution in [3.8, 4) is 0 Å². The average Bonchev–Trinajstić information content (AvgIpc) is 3.08. The van der Waals surface area contributed by atoms with Crippen LogP contribution < -0.4 is 15.5 Å². The molecule has 0 aliphatic carbocycles. The van der Waals surface area contributed by atoms with Crippen LogP contribution in [0.1, 0.15) is 45.6 Å². The summed E-state index contributed by atoms with van der Waals surface area (Å²) >= 11 is 5.52. The maximum absolute atomic E-state index is 12.0. The molecule has 0 unspecified atom stereocenters. The minimum atomic E-state index is 0.0549. The molecule has 1 aliphatic rings. The van der Waals surface area contributed by atoms with Gasteiger partial charge < -0.3 is 15.5 Å². The number of nitrogens with one attached hydrogen (secondary N) is 2. The van der Waals surface area contributed by atoms with E-state index >= 15 is 0 Å². The fourth-order valence-electron chi connectivity index (χ4n) is 3.89. The van der Waals surface area contributed by atoms with Gasteiger partial charge in [0.05, 0.1) is 0 Å². The first-order valence-corrected chi connectivity index (χ1v) is 10.3. The molecule has 1 fully saturated rings. The van der Waals surface area contributed by atoms with Gasteiger partial charge in [-0.2, -0.15) is 0 Å². The van der Waals surface area contributed by atoms with Crippen LogP contribution in [0.4, 0.5) is 11.4 Å². The first-order chi connectivity index (χ1) is 13.3. The van der Waals surface area contributed by atoms with Crippen molar-refractivity contribution >= 4 is 34.6 Å². The van der Waals surface area contributed by atoms with Crippen LogP contribution in [0.3, 0.4) is 0 Å². The monoisotopic (exact) mass is 395 g/mol. The Labute approximate surface area is 173 Å². The molecule has 28 heavy (non-hydrogen) atoms. The van der Waals surface area contributed by atoms with Crippen LogP contribution in [0.25, 0.3) is 0 Å². The second-order valence-electron chi connectivity index (χ2n) is 8.15. The van der Waals surface area contributed by atoms with E-state index in [4.69, 9.17) is 12.2 Å². The van der Waals surface area contributed by atoms with Gasteiger partial charge in [0.15, 0.2) is 5.11 Å². The van der Waals surface area contributed by atoms with E-state index in [1.807, 2.05) is 35.2 Å². The summed E-state index contributed by atoms with van der Waals surface area (Å²) in [6.45, 7) is 7.45. The van der Waals surface area contributed by atoms with Gasteiger partial charge in [0.2, 0.25) is 5.91 Å². The minimum absolute atomic E-state index is 0.0549. The van der Waals surface area contributed by atoms with Gasteiger partial charge in [-0.25, -0.2) is 0 Å². The van der Waals surface area contributed by atoms with Crippen LogP contribution >= 0.6 is 12.2 Å². The molecule has 0 radical (unpaired) electrons. The number of hydrogen-bond donors (Lipinski definition) is 2. The standard InChI is InChI=1S/C23H29N3OS/c1-17(16-23(2,3)18-9-5-4-6-10-18)24-22(28)25-19-11-7-12-20(15-19)26-14-8-13-21(26)27/h4-7,9-12,15,17H,8,13-14,16H2,1-3H3,(H2,24,25,28)/t17-/m1/s1. The molecule has 148 valence electrons. The Morgan fingerprint density at radius 3 is 2.61 bits per heavy atom. The number of amides is 1. The Balaban J connectivity index is 1.57. The third-order valence-electron chi connectivity index (χ3n) is 5.24. The molecule has 0 spiro atoms. The summed E-state index contributed by atoms with van der Waals surface area (Å²) in [4.78, 5) is 13.8. The van der Waals surface area contributed by atoms with Crippen LogP contribution in [-0.2, 0) is 10.2 Å². The third kappa shape index (κ3) is 5.10. The smallest absolute Gasteiger partial charge is 0.227 e. The Kier molecular flexibility index (Phi) is 6.35. The van der Waals surface area contributed by atoms with E-state index < -0.39 is 0 Å². The van der Waals surface area contributed by atoms with Crippen molar-refractivity contribution in [2.45, 2.75) is 51.5 Å². The molecule has 1 aliphatic heterocycles. The van der Waals surface area contributed by atoms with Crippen molar-refractivity contribution < 1.29 is 4.79 Å². The normalized spacial score (nSPS) is 15.4. The second kappa shape index (κ2) is 8.74. The molecule has 1 amide bonds. The van der Waals surface area contributed by atoms with Crippen molar-refractivity contribution in [3.05, 3.63) is 60.2 Å². The number of nitrogens with zero attached hydrogens (tertiary/aromatic N) is 1. The number of hydrogen-bond acceptors (Lipinski definition) is 2. The van der Waals surface area contributed by atoms with Crippen LogP contribution in [-0.4, -0.2) is 23.6 Å². The van der Waals surface area contributed by atoms with Gasteiger partial charge in [-0.05, 0) is 61.2 Å². The maximum Gasteiger partial charge on any atom is 0.227 e. The molecule has 4 nitrogen and oxygen atoms in total. The van der Waals surface area contributed by atoms with Crippen LogP contribution in [0.2, 0.25) is 0 Å². The predicted molar refractivity (Wildman–Crippen MR) is 121 cm³/mol. The first kappa shape index (κ1) is 20.3. The van der Waals surface area contributed by atoms with Crippen molar-refractivity contribution in [2.24, 2.45) is 0 Å². The molecule has 2 aromatic rings. The summed E-state index contributed by atoms with van der Waals surface area (Å²) in [6, 6.07) is 18.7. The highest BCUT2D eigenvalue weighted by molar-refractivity contribution is 7.80. The molecular formula is C23H29N3OS. The Bertz CT molecular complexity index is 835. The summed E-state index contributed by atoms with van der Waals surface area (Å²) in [5.41, 5.74) is 3.20. The minimum Gasteiger partial charge on any atom is -0.360 e. The highest BCUT2D eigenvalue weighted by Crippen LogP contribution is 2.28. The average molecular weight is 396 g/mol. The molecule has 2 N–H and O–H groups in total. The van der Waals surface area contributed by atoms with Gasteiger partial charge in [-0.15, -0.1) is 0 Å². The van der Waals surface area contributed by atoms with E-state index in [9.17, 15) is 4.79 Å². The Hall–Kier alpha value is -2.40. The zero-order valence-electron chi connectivity index (χ0n) is 16.9. The maximum atomic E-state index is 12.0. The summed E-state index contributed by atoms with van der Waals surface area (Å²) in [5, 5.41) is 7.25. The van der Waals surface area contributed by atoms with E-state index in [1.54, 1.807) is 0 Å². The predicted octanol–water partition coefficient (Wildman–Crippen LogP) is 4.86. The molecule has 1 saturated heterocycles. The molecule has 0 bridgehead atoms. The SMILES string of the molecule is C[C@H](CC(C)(C)c1ccccc1)NC(=S)Nc1cccc(N2CCCC2=O)c1. The largest absolute Gasteiger partial charge is 0.360 e. The summed E-state index contributed by atoms with van der Waals surface area (Å²) in [5.74, 6) is 0.189. The highest BCUT2D eigenvalue weighted by atomic mass is 32.1. The van der Waals surface area contributed by atoms with Crippen molar-refractivity contribution in [1.29, 1.82) is 0 Å². The zero-order chi connectivity index (χ0) is 20.1. The molecule has 0 saturated carbocycles. The lowest BCUT2D eigenvalue weighted by Gasteiger charge is -2.29. The number of benzene rings is 2. The van der Waals surface area contributed by atoms with Gasteiger partial charge in [-0.3, -0.25) is 4.79 Å². The lowest BCUT2D eigenvalue weighted by Crippen LogP contribution is -2.39. The van der Waals surface area contributed by atoms with E-state index in [-0.39, 0.29) is 17.4 Å². The molecule has 2 aromatic carbocycles. The fourth-order valence-corrected chi connectivity index (χ4v) is 4.21. The Morgan fingerprint density at radius 1 is 1.18 bits per heavy atom. The molecule has 1 atom stereocenters. The molecule has 0 aromatic heterocycles. The van der Waals surface area contributed by atoms with Gasteiger partial charge in [0.25, 0.3) is 0 Å². The van der Waals surface area contributed by atoms with Crippen LogP contribution in [0.5, 0.6) is 0 Å². The molecule has 5 heteroatoms. The van der Waals surface area contributed by atoms with Crippen LogP contribution in [0.15, 0.2) is 54.6 Å². The highest BCUT2D eigenvalue weighted by Gasteiger charge is 2.24. The van der Waals surface area contributed by atoms with Crippen molar-refractivity contribution in [3.63, 3.8) is 0 Å². The number of anilines is 2. The summed E-state index contributed by atoms with van der Waals surface area (Å²) in [6.07, 6.45) is 2.51. The fraction of sp³-hybridized carbons (Fsp3) is 0.391. The third-order valence-corrected chi connectivity index (χ3v) is 5.46. The van der Waals surface area contributed by atoms with E-state index in [0.717, 1.165) is 30.8 Å². The lowest BCUT2D eigenvalue weighted by atomic mass is 9.79. The van der Waals surface area contributed by atoms with Crippen molar-refractivity contribution in [2.75, 3.05) is 16.8 Å². The number of carbonyl (C=O) groups excluding carboxylic acids is 1. The van der Waals surface area contributed by atoms with E-state index in [1.165, 1.54) is 5.56 Å². The lowest BCUT2D eigenvalue weighted by molar-refractivity contribution is -0.117. The topological polar surface area (TPSA) is 44.4 Å². The quantitative estimate of drug-likeness (QED) is 0.686. The van der Waals surface area contributed by atoms with Gasteiger partial charge in [0, 0.05) is 30.4 Å². The van der Waals surface area contributed by atoms with Gasteiger partial charge in [-0.1, -0.05) is 50.2 Å². The van der Waals surface area contributed by atoms with Crippen molar-refractivity contribution in [1.82, 2.24) is 5.32 Å². The molecule has 1 heterocycles. The first-order valence-electron chi connectivity index (χ1n) is 9.89. The Morgan fingerprint density at radius 2 is 1.93 bits per heavy atom. The number of thiocarbonyl (C=S) groups is 1. The van der Waals surface area contributed by atoms with E-state index in [2.05, 4.69) is 55.7 Å². The van der Waals surface area contributed by atoms with Gasteiger partial charge in [0.1, 0.15) is 0 Å². The number of rotatable bonds is 6. The summed E-state index contributed by atoms with van der Waals surface area (Å²) < 4.78 is 0. The number of carbonyl (C=O) groups is 1. The second-order valence-corrected chi connectivity index (χ2v) is 8.56. The van der Waals surface area contributed by atoms with Crippen LogP contribution in [0, 0.1) is 0 Å². The van der Waals surface area contributed by atoms with E-state index in [0.29, 0.717) is 11.5 Å². The summed E-state index contributed by atoms with van der Waals surface area (Å²) in [7, 11) is 0. The zero-order valence-corrected chi connectivity index (χ0v) is 17.7. The molecule has 3 rings (SSSR count).